The fourth-order valence-corrected chi connectivity index (χ4v) is 3.15. The van der Waals surface area contributed by atoms with Crippen LogP contribution >= 0.6 is 0 Å². The minimum Gasteiger partial charge on any atom is -0.302 e. The summed E-state index contributed by atoms with van der Waals surface area (Å²) in [6.07, 6.45) is 1.84. The van der Waals surface area contributed by atoms with Crippen LogP contribution in [0.5, 0.6) is 0 Å². The molecule has 0 amide bonds. The van der Waals surface area contributed by atoms with Gasteiger partial charge in [0.25, 0.3) is 0 Å². The molecule has 1 aliphatic rings. The predicted octanol–water partition coefficient (Wildman–Crippen LogP) is 4.59. The summed E-state index contributed by atoms with van der Waals surface area (Å²) in [5.74, 6) is 1.59. The van der Waals surface area contributed by atoms with Crippen molar-refractivity contribution in [2.45, 2.75) is 26.9 Å². The van der Waals surface area contributed by atoms with E-state index in [2.05, 4.69) is 64.6 Å². The van der Waals surface area contributed by atoms with Crippen molar-refractivity contribution in [3.05, 3.63) is 71.8 Å². The summed E-state index contributed by atoms with van der Waals surface area (Å²) >= 11 is 0. The van der Waals surface area contributed by atoms with E-state index in [0.29, 0.717) is 0 Å². The number of aryl methyl sites for hydroxylation is 1. The zero-order chi connectivity index (χ0) is 17.1. The fraction of sp³-hybridized carbons (Fsp3) is 0.200. The number of para-hydroxylation sites is 2. The van der Waals surface area contributed by atoms with Gasteiger partial charge in [-0.05, 0) is 51.3 Å². The Kier molecular flexibility index (Phi) is 4.47. The lowest BCUT2D eigenvalue weighted by atomic mass is 10.2. The molecule has 1 aliphatic heterocycles. The minimum absolute atomic E-state index is 0.0488. The molecule has 0 spiro atoms. The summed E-state index contributed by atoms with van der Waals surface area (Å²) in [5, 5.41) is 0. The van der Waals surface area contributed by atoms with Crippen molar-refractivity contribution in [1.29, 1.82) is 0 Å². The van der Waals surface area contributed by atoms with Crippen LogP contribution in [-0.2, 0) is 0 Å². The minimum atomic E-state index is 0.0488. The molecular formula is C20H22N4. The lowest BCUT2D eigenvalue weighted by molar-refractivity contribution is 0.724. The molecule has 1 atom stereocenters. The lowest BCUT2D eigenvalue weighted by Crippen LogP contribution is -2.38. The van der Waals surface area contributed by atoms with Crippen molar-refractivity contribution >= 4 is 24.3 Å². The molecule has 1 heterocycles. The van der Waals surface area contributed by atoms with Gasteiger partial charge in [-0.15, -0.1) is 0 Å². The smallest absolute Gasteiger partial charge is 0.178 e. The van der Waals surface area contributed by atoms with Gasteiger partial charge < -0.3 is 9.80 Å². The number of hydrogen-bond donors (Lipinski definition) is 0. The predicted molar refractivity (Wildman–Crippen MR) is 103 cm³/mol. The van der Waals surface area contributed by atoms with E-state index in [1.807, 2.05) is 37.3 Å². The van der Waals surface area contributed by atoms with Crippen LogP contribution in [0.4, 0.5) is 11.4 Å². The Hall–Kier alpha value is -2.88. The Morgan fingerprint density at radius 1 is 0.958 bits per heavy atom. The van der Waals surface area contributed by atoms with Crippen LogP contribution in [0.1, 0.15) is 19.4 Å². The summed E-state index contributed by atoms with van der Waals surface area (Å²) in [6.45, 7) is 9.97. The standard InChI is InChI=1S/C20H22N4/c1-5-22-20-19(21-4)24(18-14-10-9-11-15(18)2)16(3)23(20)17-12-7-6-8-13-17/h5-14,16H,4H2,1-3H3/t16-/m0/s1. The first-order chi connectivity index (χ1) is 11.7. The first-order valence-electron chi connectivity index (χ1n) is 8.08. The third-order valence-corrected chi connectivity index (χ3v) is 4.21. The maximum Gasteiger partial charge on any atom is 0.178 e. The van der Waals surface area contributed by atoms with Crippen LogP contribution in [0.25, 0.3) is 0 Å². The molecule has 0 fully saturated rings. The SMILES string of the molecule is C=NC1=C(N=CC)N(c2ccccc2)[C@H](C)N1c1ccccc1C. The first-order valence-corrected chi connectivity index (χ1v) is 8.08. The second-order valence-electron chi connectivity index (χ2n) is 5.69. The third-order valence-electron chi connectivity index (χ3n) is 4.21. The van der Waals surface area contributed by atoms with Crippen molar-refractivity contribution in [2.24, 2.45) is 9.98 Å². The molecule has 2 aromatic carbocycles. The quantitative estimate of drug-likeness (QED) is 0.772. The van der Waals surface area contributed by atoms with Gasteiger partial charge in [0.1, 0.15) is 6.17 Å². The molecule has 0 N–H and O–H groups in total. The van der Waals surface area contributed by atoms with Crippen LogP contribution in [0.3, 0.4) is 0 Å². The molecule has 0 radical (unpaired) electrons. The van der Waals surface area contributed by atoms with E-state index in [1.165, 1.54) is 5.56 Å². The normalized spacial score (nSPS) is 17.9. The summed E-state index contributed by atoms with van der Waals surface area (Å²) < 4.78 is 0. The number of anilines is 2. The van der Waals surface area contributed by atoms with Crippen LogP contribution in [0.15, 0.2) is 76.2 Å². The van der Waals surface area contributed by atoms with Gasteiger partial charge in [-0.3, -0.25) is 0 Å². The highest BCUT2D eigenvalue weighted by molar-refractivity contribution is 5.71. The molecule has 2 aromatic rings. The number of hydrogen-bond acceptors (Lipinski definition) is 4. The van der Waals surface area contributed by atoms with E-state index in [0.717, 1.165) is 23.0 Å². The average Bonchev–Trinajstić information content (AvgIpc) is 2.88. The molecule has 24 heavy (non-hydrogen) atoms. The van der Waals surface area contributed by atoms with Gasteiger partial charge in [0.2, 0.25) is 0 Å². The number of benzene rings is 2. The highest BCUT2D eigenvalue weighted by Crippen LogP contribution is 2.39. The summed E-state index contributed by atoms with van der Waals surface area (Å²) in [4.78, 5) is 13.3. The summed E-state index contributed by atoms with van der Waals surface area (Å²) in [7, 11) is 0. The van der Waals surface area contributed by atoms with E-state index in [-0.39, 0.29) is 6.17 Å². The molecule has 0 saturated carbocycles. The van der Waals surface area contributed by atoms with E-state index in [4.69, 9.17) is 0 Å². The van der Waals surface area contributed by atoms with Crippen molar-refractivity contribution in [3.8, 4) is 0 Å². The Morgan fingerprint density at radius 3 is 2.25 bits per heavy atom. The average molecular weight is 318 g/mol. The van der Waals surface area contributed by atoms with Crippen LogP contribution in [0, 0.1) is 6.92 Å². The van der Waals surface area contributed by atoms with Gasteiger partial charge in [0, 0.05) is 17.6 Å². The molecule has 0 aliphatic carbocycles. The molecule has 4 heteroatoms. The third kappa shape index (κ3) is 2.60. The number of rotatable bonds is 4. The van der Waals surface area contributed by atoms with Gasteiger partial charge >= 0.3 is 0 Å². The number of aliphatic imine (C=N–C) groups is 2. The zero-order valence-electron chi connectivity index (χ0n) is 14.3. The topological polar surface area (TPSA) is 31.2 Å². The highest BCUT2D eigenvalue weighted by Gasteiger charge is 2.37. The first kappa shape index (κ1) is 16.0. The largest absolute Gasteiger partial charge is 0.302 e. The van der Waals surface area contributed by atoms with Crippen molar-refractivity contribution in [1.82, 2.24) is 0 Å². The Balaban J connectivity index is 2.18. The van der Waals surface area contributed by atoms with E-state index < -0.39 is 0 Å². The molecule has 0 bridgehead atoms. The van der Waals surface area contributed by atoms with Gasteiger partial charge in [-0.25, -0.2) is 9.98 Å². The second-order valence-corrected chi connectivity index (χ2v) is 5.69. The Bertz CT molecular complexity index is 792. The fourth-order valence-electron chi connectivity index (χ4n) is 3.15. The summed E-state index contributed by atoms with van der Waals surface area (Å²) in [5.41, 5.74) is 3.40. The highest BCUT2D eigenvalue weighted by atomic mass is 15.5. The van der Waals surface area contributed by atoms with Crippen LogP contribution in [-0.4, -0.2) is 19.1 Å². The maximum absolute atomic E-state index is 4.59. The maximum atomic E-state index is 4.59. The molecule has 0 unspecified atom stereocenters. The van der Waals surface area contributed by atoms with Gasteiger partial charge in [0.05, 0.1) is 0 Å². The molecule has 0 saturated heterocycles. The zero-order valence-corrected chi connectivity index (χ0v) is 14.3. The van der Waals surface area contributed by atoms with Gasteiger partial charge in [-0.2, -0.15) is 0 Å². The van der Waals surface area contributed by atoms with E-state index >= 15 is 0 Å². The van der Waals surface area contributed by atoms with Crippen LogP contribution in [0.2, 0.25) is 0 Å². The van der Waals surface area contributed by atoms with Gasteiger partial charge in [0.15, 0.2) is 11.6 Å². The molecule has 4 nitrogen and oxygen atoms in total. The van der Waals surface area contributed by atoms with Crippen molar-refractivity contribution in [2.75, 3.05) is 9.80 Å². The second kappa shape index (κ2) is 6.71. The lowest BCUT2D eigenvalue weighted by Gasteiger charge is -2.31. The Morgan fingerprint density at radius 2 is 1.62 bits per heavy atom. The monoisotopic (exact) mass is 318 g/mol. The molecular weight excluding hydrogens is 296 g/mol. The Labute approximate surface area is 143 Å². The van der Waals surface area contributed by atoms with Crippen LogP contribution < -0.4 is 9.80 Å². The molecule has 0 aromatic heterocycles. The molecule has 122 valence electrons. The molecule has 3 rings (SSSR count). The van der Waals surface area contributed by atoms with E-state index in [1.54, 1.807) is 6.21 Å². The summed E-state index contributed by atoms with van der Waals surface area (Å²) in [6, 6.07) is 18.6. The van der Waals surface area contributed by atoms with Crippen molar-refractivity contribution in [3.63, 3.8) is 0 Å². The van der Waals surface area contributed by atoms with E-state index in [9.17, 15) is 0 Å². The number of nitrogens with zero attached hydrogens (tertiary/aromatic N) is 4. The van der Waals surface area contributed by atoms with Gasteiger partial charge in [-0.1, -0.05) is 36.4 Å². The van der Waals surface area contributed by atoms with Crippen molar-refractivity contribution < 1.29 is 0 Å².